The van der Waals surface area contributed by atoms with Crippen molar-refractivity contribution in [3.8, 4) is 0 Å². The maximum Gasteiger partial charge on any atom is 0.293 e. The van der Waals surface area contributed by atoms with Gasteiger partial charge in [0, 0.05) is 13.1 Å². The van der Waals surface area contributed by atoms with Gasteiger partial charge in [0.1, 0.15) is 5.69 Å². The largest absolute Gasteiger partial charge is 0.293 e. The van der Waals surface area contributed by atoms with Crippen LogP contribution in [0, 0.1) is 0 Å². The Morgan fingerprint density at radius 3 is 2.79 bits per heavy atom. The number of rotatable bonds is 3. The van der Waals surface area contributed by atoms with E-state index in [4.69, 9.17) is 16.4 Å². The molecule has 0 radical (unpaired) electrons. The molecule has 0 bridgehead atoms. The Morgan fingerprint density at radius 1 is 1.71 bits per heavy atom. The van der Waals surface area contributed by atoms with Crippen LogP contribution in [0.1, 0.15) is 24.3 Å². The van der Waals surface area contributed by atoms with Crippen LogP contribution < -0.4 is 5.48 Å². The molecule has 0 unspecified atom stereocenters. The summed E-state index contributed by atoms with van der Waals surface area (Å²) in [6, 6.07) is 1.47. The monoisotopic (exact) mass is 217 g/mol. The van der Waals surface area contributed by atoms with Crippen molar-refractivity contribution in [3.05, 3.63) is 16.9 Å². The van der Waals surface area contributed by atoms with E-state index in [1.54, 1.807) is 7.05 Å². The van der Waals surface area contributed by atoms with Gasteiger partial charge in [-0.3, -0.25) is 14.3 Å². The fourth-order valence-electron chi connectivity index (χ4n) is 0.868. The summed E-state index contributed by atoms with van der Waals surface area (Å²) in [5.41, 5.74) is 2.65. The van der Waals surface area contributed by atoms with Crippen LogP contribution in [0.2, 0.25) is 5.15 Å². The number of hydrogen-bond donors (Lipinski definition) is 1. The van der Waals surface area contributed by atoms with E-state index in [1.807, 2.05) is 13.8 Å². The summed E-state index contributed by atoms with van der Waals surface area (Å²) in [5, 5.41) is 4.10. The van der Waals surface area contributed by atoms with Crippen molar-refractivity contribution in [2.45, 2.75) is 20.0 Å². The number of hydroxylamine groups is 1. The molecule has 0 fully saturated rings. The van der Waals surface area contributed by atoms with E-state index >= 15 is 0 Å². The van der Waals surface area contributed by atoms with Crippen molar-refractivity contribution in [1.29, 1.82) is 0 Å². The zero-order valence-corrected chi connectivity index (χ0v) is 9.00. The smallest absolute Gasteiger partial charge is 0.271 e. The Labute approximate surface area is 86.9 Å². The predicted octanol–water partition coefficient (Wildman–Crippen LogP) is 1.14. The van der Waals surface area contributed by atoms with Crippen LogP contribution in [0.5, 0.6) is 0 Å². The molecule has 0 spiro atoms. The Kier molecular flexibility index (Phi) is 3.49. The lowest BCUT2D eigenvalue weighted by Crippen LogP contribution is -2.28. The number of amides is 1. The van der Waals surface area contributed by atoms with Crippen LogP contribution >= 0.6 is 11.6 Å². The fourth-order valence-corrected chi connectivity index (χ4v) is 1.09. The van der Waals surface area contributed by atoms with Gasteiger partial charge < -0.3 is 0 Å². The summed E-state index contributed by atoms with van der Waals surface area (Å²) < 4.78 is 1.39. The molecule has 78 valence electrons. The minimum absolute atomic E-state index is 0.0670. The third kappa shape index (κ3) is 2.71. The number of halogens is 1. The van der Waals surface area contributed by atoms with Crippen LogP contribution in [0.4, 0.5) is 0 Å². The maximum atomic E-state index is 11.4. The van der Waals surface area contributed by atoms with Crippen molar-refractivity contribution < 1.29 is 9.63 Å². The van der Waals surface area contributed by atoms with E-state index in [0.29, 0.717) is 5.69 Å². The van der Waals surface area contributed by atoms with Gasteiger partial charge in [0.2, 0.25) is 0 Å². The molecule has 0 saturated heterocycles. The van der Waals surface area contributed by atoms with E-state index in [-0.39, 0.29) is 17.2 Å². The molecule has 0 saturated carbocycles. The first-order valence-electron chi connectivity index (χ1n) is 4.16. The van der Waals surface area contributed by atoms with Crippen molar-refractivity contribution in [1.82, 2.24) is 15.3 Å². The van der Waals surface area contributed by atoms with Crippen LogP contribution in [0.3, 0.4) is 0 Å². The fraction of sp³-hybridized carbons (Fsp3) is 0.500. The lowest BCUT2D eigenvalue weighted by Gasteiger charge is -2.07. The highest BCUT2D eigenvalue weighted by molar-refractivity contribution is 6.29. The minimum atomic E-state index is -0.361. The zero-order valence-electron chi connectivity index (χ0n) is 8.24. The van der Waals surface area contributed by atoms with E-state index in [0.717, 1.165) is 0 Å². The van der Waals surface area contributed by atoms with Crippen molar-refractivity contribution in [3.63, 3.8) is 0 Å². The van der Waals surface area contributed by atoms with Crippen LogP contribution in [-0.2, 0) is 11.9 Å². The Morgan fingerprint density at radius 2 is 2.36 bits per heavy atom. The first kappa shape index (κ1) is 11.0. The molecule has 5 nitrogen and oxygen atoms in total. The lowest BCUT2D eigenvalue weighted by molar-refractivity contribution is -0.000409. The van der Waals surface area contributed by atoms with Gasteiger partial charge in [0.15, 0.2) is 5.15 Å². The third-order valence-electron chi connectivity index (χ3n) is 1.47. The second-order valence-corrected chi connectivity index (χ2v) is 3.46. The number of nitrogens with one attached hydrogen (secondary N) is 1. The summed E-state index contributed by atoms with van der Waals surface area (Å²) >= 11 is 5.62. The van der Waals surface area contributed by atoms with Gasteiger partial charge >= 0.3 is 0 Å². The van der Waals surface area contributed by atoms with Gasteiger partial charge in [-0.1, -0.05) is 11.6 Å². The Hall–Kier alpha value is -1.07. The van der Waals surface area contributed by atoms with Crippen LogP contribution in [0.25, 0.3) is 0 Å². The van der Waals surface area contributed by atoms with Crippen LogP contribution in [-0.4, -0.2) is 21.8 Å². The van der Waals surface area contributed by atoms with Crippen molar-refractivity contribution >= 4 is 17.5 Å². The van der Waals surface area contributed by atoms with E-state index < -0.39 is 0 Å². The number of aromatic nitrogens is 2. The molecule has 1 rings (SSSR count). The van der Waals surface area contributed by atoms with Crippen molar-refractivity contribution in [2.24, 2.45) is 7.05 Å². The Bertz CT molecular complexity index is 335. The Balaban J connectivity index is 2.65. The molecule has 0 aliphatic heterocycles. The highest BCUT2D eigenvalue weighted by Gasteiger charge is 2.12. The van der Waals surface area contributed by atoms with E-state index in [2.05, 4.69) is 10.6 Å². The zero-order chi connectivity index (χ0) is 10.7. The molecule has 1 aromatic rings. The highest BCUT2D eigenvalue weighted by Crippen LogP contribution is 2.08. The van der Waals surface area contributed by atoms with E-state index in [9.17, 15) is 4.79 Å². The van der Waals surface area contributed by atoms with Gasteiger partial charge in [-0.25, -0.2) is 5.48 Å². The average Bonchev–Trinajstić information content (AvgIpc) is 2.41. The number of carbonyl (C=O) groups excluding carboxylic acids is 1. The van der Waals surface area contributed by atoms with Crippen LogP contribution in [0.15, 0.2) is 6.07 Å². The molecule has 1 aromatic heterocycles. The molecule has 0 aliphatic carbocycles. The summed E-state index contributed by atoms with van der Waals surface area (Å²) in [6.45, 7) is 3.63. The summed E-state index contributed by atoms with van der Waals surface area (Å²) in [5.74, 6) is -0.361. The van der Waals surface area contributed by atoms with Gasteiger partial charge in [-0.05, 0) is 13.8 Å². The molecule has 0 aliphatic rings. The van der Waals surface area contributed by atoms with Gasteiger partial charge in [0.05, 0.1) is 6.10 Å². The summed E-state index contributed by atoms with van der Waals surface area (Å²) in [6.07, 6.45) is -0.0670. The second-order valence-electron chi connectivity index (χ2n) is 3.07. The standard InChI is InChI=1S/C8H12ClN3O2/c1-5(2)14-11-8(13)6-4-7(9)10-12(6)3/h4-5H,1-3H3,(H,11,13). The topological polar surface area (TPSA) is 56.1 Å². The summed E-state index contributed by atoms with van der Waals surface area (Å²) in [7, 11) is 1.64. The molecule has 1 heterocycles. The number of nitrogens with zero attached hydrogens (tertiary/aromatic N) is 2. The first-order chi connectivity index (χ1) is 6.50. The molecule has 1 amide bonds. The molecular weight excluding hydrogens is 206 g/mol. The summed E-state index contributed by atoms with van der Waals surface area (Å²) in [4.78, 5) is 16.4. The quantitative estimate of drug-likeness (QED) is 0.773. The van der Waals surface area contributed by atoms with Gasteiger partial charge in [0.25, 0.3) is 5.91 Å². The second kappa shape index (κ2) is 4.43. The SMILES string of the molecule is CC(C)ONC(=O)c1cc(Cl)nn1C. The molecular formula is C8H12ClN3O2. The number of hydrogen-bond acceptors (Lipinski definition) is 3. The van der Waals surface area contributed by atoms with E-state index in [1.165, 1.54) is 10.7 Å². The molecule has 6 heteroatoms. The number of carbonyl (C=O) groups is 1. The average molecular weight is 218 g/mol. The predicted molar refractivity (Wildman–Crippen MR) is 51.9 cm³/mol. The lowest BCUT2D eigenvalue weighted by atomic mass is 10.4. The maximum absolute atomic E-state index is 11.4. The van der Waals surface area contributed by atoms with Gasteiger partial charge in [-0.15, -0.1) is 0 Å². The number of aryl methyl sites for hydroxylation is 1. The highest BCUT2D eigenvalue weighted by atomic mass is 35.5. The molecule has 14 heavy (non-hydrogen) atoms. The molecule has 0 aromatic carbocycles. The molecule has 1 N–H and O–H groups in total. The third-order valence-corrected chi connectivity index (χ3v) is 1.65. The van der Waals surface area contributed by atoms with Crippen molar-refractivity contribution in [2.75, 3.05) is 0 Å². The molecule has 0 atom stereocenters. The minimum Gasteiger partial charge on any atom is -0.271 e. The first-order valence-corrected chi connectivity index (χ1v) is 4.54. The van der Waals surface area contributed by atoms with Gasteiger partial charge in [-0.2, -0.15) is 5.10 Å². The normalized spacial score (nSPS) is 10.6.